The number of carbonyl (C=O) groups excluding carboxylic acids is 1. The first-order chi connectivity index (χ1) is 7.78. The van der Waals surface area contributed by atoms with Crippen LogP contribution in [0.4, 0.5) is 0 Å². The van der Waals surface area contributed by atoms with E-state index in [1.165, 1.54) is 0 Å². The smallest absolute Gasteiger partial charge is 0.293 e. The highest BCUT2D eigenvalue weighted by Gasteiger charge is 2.40. The van der Waals surface area contributed by atoms with Crippen LogP contribution in [0.25, 0.3) is 0 Å². The van der Waals surface area contributed by atoms with Crippen molar-refractivity contribution in [2.24, 2.45) is 0 Å². The molecule has 4 nitrogen and oxygen atoms in total. The highest BCUT2D eigenvalue weighted by Crippen LogP contribution is 2.44. The molecule has 2 atom stereocenters. The van der Waals surface area contributed by atoms with Crippen LogP contribution in [-0.4, -0.2) is 26.8 Å². The molecule has 1 aromatic carbocycles. The fourth-order valence-corrected chi connectivity index (χ4v) is 1.79. The second-order valence-corrected chi connectivity index (χ2v) is 3.76. The quantitative estimate of drug-likeness (QED) is 0.712. The summed E-state index contributed by atoms with van der Waals surface area (Å²) in [4.78, 5) is 10.2. The van der Waals surface area contributed by atoms with E-state index in [0.717, 1.165) is 23.5 Å². The van der Waals surface area contributed by atoms with Gasteiger partial charge in [0.15, 0.2) is 0 Å². The van der Waals surface area contributed by atoms with Crippen molar-refractivity contribution in [3.63, 3.8) is 0 Å². The SMILES string of the molecule is COc1cc(OC)cc(C2C[C@H]2OC=O)c1. The average Bonchev–Trinajstić information content (AvgIpc) is 3.08. The number of benzene rings is 1. The third-order valence-corrected chi connectivity index (χ3v) is 2.76. The largest absolute Gasteiger partial charge is 0.497 e. The molecule has 16 heavy (non-hydrogen) atoms. The Labute approximate surface area is 94.1 Å². The maximum atomic E-state index is 10.2. The van der Waals surface area contributed by atoms with Crippen LogP contribution in [-0.2, 0) is 9.53 Å². The monoisotopic (exact) mass is 222 g/mol. The van der Waals surface area contributed by atoms with E-state index >= 15 is 0 Å². The first-order valence-corrected chi connectivity index (χ1v) is 5.10. The number of carbonyl (C=O) groups is 1. The molecule has 1 fully saturated rings. The molecule has 1 aliphatic rings. The van der Waals surface area contributed by atoms with E-state index in [1.807, 2.05) is 18.2 Å². The summed E-state index contributed by atoms with van der Waals surface area (Å²) in [7, 11) is 3.23. The molecule has 1 unspecified atom stereocenters. The van der Waals surface area contributed by atoms with Gasteiger partial charge in [0.25, 0.3) is 6.47 Å². The van der Waals surface area contributed by atoms with Crippen molar-refractivity contribution in [3.05, 3.63) is 23.8 Å². The molecule has 0 heterocycles. The first-order valence-electron chi connectivity index (χ1n) is 5.10. The minimum absolute atomic E-state index is 0.00862. The van der Waals surface area contributed by atoms with Crippen LogP contribution in [0, 0.1) is 0 Å². The summed E-state index contributed by atoms with van der Waals surface area (Å²) >= 11 is 0. The standard InChI is InChI=1S/C12H14O4/c1-14-9-3-8(4-10(5-9)15-2)11-6-12(11)16-7-13/h3-5,7,11-12H,6H2,1-2H3/t11?,12-/m1/s1. The predicted octanol–water partition coefficient (Wildman–Crippen LogP) is 1.73. The molecule has 1 aromatic rings. The number of ether oxygens (including phenoxy) is 3. The van der Waals surface area contributed by atoms with Crippen LogP contribution < -0.4 is 9.47 Å². The van der Waals surface area contributed by atoms with Crippen molar-refractivity contribution >= 4 is 6.47 Å². The summed E-state index contributed by atoms with van der Waals surface area (Å²) in [5.41, 5.74) is 1.09. The zero-order chi connectivity index (χ0) is 11.5. The van der Waals surface area contributed by atoms with Crippen LogP contribution in [0.3, 0.4) is 0 Å². The zero-order valence-electron chi connectivity index (χ0n) is 9.30. The van der Waals surface area contributed by atoms with Gasteiger partial charge in [-0.05, 0) is 24.1 Å². The topological polar surface area (TPSA) is 44.8 Å². The molecule has 1 aliphatic carbocycles. The van der Waals surface area contributed by atoms with E-state index in [9.17, 15) is 4.79 Å². The van der Waals surface area contributed by atoms with Gasteiger partial charge < -0.3 is 14.2 Å². The van der Waals surface area contributed by atoms with Gasteiger partial charge in [-0.25, -0.2) is 0 Å². The Morgan fingerprint density at radius 1 is 1.19 bits per heavy atom. The molecule has 4 heteroatoms. The highest BCUT2D eigenvalue weighted by molar-refractivity contribution is 5.44. The summed E-state index contributed by atoms with van der Waals surface area (Å²) in [5.74, 6) is 1.78. The first kappa shape index (κ1) is 10.8. The lowest BCUT2D eigenvalue weighted by molar-refractivity contribution is -0.129. The van der Waals surface area contributed by atoms with Gasteiger partial charge in [-0.2, -0.15) is 0 Å². The number of rotatable bonds is 5. The van der Waals surface area contributed by atoms with Crippen LogP contribution in [0.1, 0.15) is 17.9 Å². The maximum Gasteiger partial charge on any atom is 0.293 e. The van der Waals surface area contributed by atoms with Gasteiger partial charge in [0.05, 0.1) is 14.2 Å². The lowest BCUT2D eigenvalue weighted by Crippen LogP contribution is -1.95. The van der Waals surface area contributed by atoms with E-state index in [2.05, 4.69) is 0 Å². The van der Waals surface area contributed by atoms with Crippen molar-refractivity contribution in [2.45, 2.75) is 18.4 Å². The van der Waals surface area contributed by atoms with Gasteiger partial charge in [-0.1, -0.05) is 0 Å². The van der Waals surface area contributed by atoms with Crippen molar-refractivity contribution in [1.29, 1.82) is 0 Å². The molecule has 2 rings (SSSR count). The van der Waals surface area contributed by atoms with E-state index < -0.39 is 0 Å². The second-order valence-electron chi connectivity index (χ2n) is 3.76. The third-order valence-electron chi connectivity index (χ3n) is 2.76. The molecule has 0 N–H and O–H groups in total. The molecule has 86 valence electrons. The minimum atomic E-state index is 0.00862. The Bertz CT molecular complexity index is 366. The molecular weight excluding hydrogens is 208 g/mol. The van der Waals surface area contributed by atoms with Gasteiger partial charge in [0, 0.05) is 12.0 Å². The van der Waals surface area contributed by atoms with E-state index in [0.29, 0.717) is 6.47 Å². The second kappa shape index (κ2) is 4.43. The van der Waals surface area contributed by atoms with Crippen molar-refractivity contribution in [1.82, 2.24) is 0 Å². The predicted molar refractivity (Wildman–Crippen MR) is 57.8 cm³/mol. The number of hydrogen-bond acceptors (Lipinski definition) is 4. The zero-order valence-corrected chi connectivity index (χ0v) is 9.30. The van der Waals surface area contributed by atoms with Gasteiger partial charge in [-0.3, -0.25) is 4.79 Å². The number of hydrogen-bond donors (Lipinski definition) is 0. The van der Waals surface area contributed by atoms with E-state index in [4.69, 9.17) is 14.2 Å². The van der Waals surface area contributed by atoms with Crippen LogP contribution in [0.5, 0.6) is 11.5 Å². The number of methoxy groups -OCH3 is 2. The van der Waals surface area contributed by atoms with Gasteiger partial charge in [0.2, 0.25) is 0 Å². The van der Waals surface area contributed by atoms with Gasteiger partial charge >= 0.3 is 0 Å². The third kappa shape index (κ3) is 2.10. The summed E-state index contributed by atoms with van der Waals surface area (Å²) < 4.78 is 15.3. The summed E-state index contributed by atoms with van der Waals surface area (Å²) in [6.07, 6.45) is 0.879. The Hall–Kier alpha value is -1.71. The molecular formula is C12H14O4. The van der Waals surface area contributed by atoms with Crippen LogP contribution in [0.2, 0.25) is 0 Å². The fraction of sp³-hybridized carbons (Fsp3) is 0.417. The van der Waals surface area contributed by atoms with Crippen molar-refractivity contribution in [2.75, 3.05) is 14.2 Å². The fourth-order valence-electron chi connectivity index (χ4n) is 1.79. The van der Waals surface area contributed by atoms with Crippen molar-refractivity contribution < 1.29 is 19.0 Å². The molecule has 0 amide bonds. The van der Waals surface area contributed by atoms with Gasteiger partial charge in [-0.15, -0.1) is 0 Å². The molecule has 0 bridgehead atoms. The molecule has 1 saturated carbocycles. The molecule has 0 saturated heterocycles. The van der Waals surface area contributed by atoms with Gasteiger partial charge in [0.1, 0.15) is 17.6 Å². The average molecular weight is 222 g/mol. The molecule has 0 spiro atoms. The van der Waals surface area contributed by atoms with E-state index in [1.54, 1.807) is 14.2 Å². The lowest BCUT2D eigenvalue weighted by atomic mass is 10.1. The highest BCUT2D eigenvalue weighted by atomic mass is 16.5. The van der Waals surface area contributed by atoms with Crippen LogP contribution >= 0.6 is 0 Å². The summed E-state index contributed by atoms with van der Waals surface area (Å²) in [6.45, 7) is 0.502. The Morgan fingerprint density at radius 2 is 1.81 bits per heavy atom. The Morgan fingerprint density at radius 3 is 2.31 bits per heavy atom. The molecule has 0 radical (unpaired) electrons. The molecule has 0 aromatic heterocycles. The minimum Gasteiger partial charge on any atom is -0.497 e. The molecule has 0 aliphatic heterocycles. The van der Waals surface area contributed by atoms with E-state index in [-0.39, 0.29) is 12.0 Å². The Balaban J connectivity index is 2.18. The summed E-state index contributed by atoms with van der Waals surface area (Å²) in [5, 5.41) is 0. The van der Waals surface area contributed by atoms with Crippen molar-refractivity contribution in [3.8, 4) is 11.5 Å². The van der Waals surface area contributed by atoms with Crippen LogP contribution in [0.15, 0.2) is 18.2 Å². The Kier molecular flexibility index (Phi) is 2.99. The maximum absolute atomic E-state index is 10.2. The normalized spacial score (nSPS) is 22.4. The summed E-state index contributed by atoms with van der Waals surface area (Å²) in [6, 6.07) is 5.71. The lowest BCUT2D eigenvalue weighted by Gasteiger charge is -2.07.